The number of likely N-dealkylation sites (N-methyl/N-ethyl adjacent to an activating group) is 1. The number of nitrogens with zero attached hydrogens (tertiary/aromatic N) is 6. The fraction of sp³-hybridized carbons (Fsp3) is 0.667. The molecule has 2 amide bonds. The number of rotatable bonds is 3. The summed E-state index contributed by atoms with van der Waals surface area (Å²) in [6.45, 7) is 18.6. The van der Waals surface area contributed by atoms with E-state index < -0.39 is 29.7 Å². The highest BCUT2D eigenvalue weighted by Gasteiger charge is 2.53. The van der Waals surface area contributed by atoms with Crippen LogP contribution < -0.4 is 15.3 Å². The molecule has 4 aliphatic heterocycles. The number of halogens is 1. The molecule has 11 nitrogen and oxygen atoms in total. The number of anilines is 3. The molecular weight excluding hydrogens is 590 g/mol. The maximum Gasteiger partial charge on any atom is 0.497 e. The number of hydrogen-bond acceptors (Lipinski definition) is 8. The Hall–Kier alpha value is -3.32. The molecule has 5 heterocycles. The summed E-state index contributed by atoms with van der Waals surface area (Å²) in [5, 5.41) is 5.23. The SMILES string of the molecule is CC(=O)N1CCc2c(c(N3CCN(C)c4cc(B5OC(C)(C)C(C)(C)O5)c(F)cc43)nn2C2CCN(C(=O)OC(C)(C)C)CC2)C1. The fourth-order valence-electron chi connectivity index (χ4n) is 6.79. The van der Waals surface area contributed by atoms with Crippen LogP contribution in [-0.2, 0) is 31.8 Å². The number of likely N-dealkylation sites (tertiary alicyclic amines) is 1. The van der Waals surface area contributed by atoms with Crippen molar-refractivity contribution in [2.45, 2.75) is 104 Å². The first-order chi connectivity index (χ1) is 21.5. The number of amides is 2. The zero-order valence-corrected chi connectivity index (χ0v) is 28.8. The van der Waals surface area contributed by atoms with Crippen molar-refractivity contribution in [1.29, 1.82) is 0 Å². The van der Waals surface area contributed by atoms with Crippen LogP contribution >= 0.6 is 0 Å². The van der Waals surface area contributed by atoms with E-state index in [0.29, 0.717) is 51.2 Å². The molecule has 1 aromatic heterocycles. The topological polar surface area (TPSA) is 92.6 Å². The molecule has 1 aromatic carbocycles. The molecule has 0 radical (unpaired) electrons. The van der Waals surface area contributed by atoms with Gasteiger partial charge in [-0.25, -0.2) is 9.18 Å². The lowest BCUT2D eigenvalue weighted by Crippen LogP contribution is -2.42. The minimum absolute atomic E-state index is 0.0203. The highest BCUT2D eigenvalue weighted by atomic mass is 19.1. The number of carbonyl (C=O) groups excluding carboxylic acids is 2. The van der Waals surface area contributed by atoms with Gasteiger partial charge in [-0.2, -0.15) is 5.10 Å². The maximum absolute atomic E-state index is 16.0. The largest absolute Gasteiger partial charge is 0.497 e. The van der Waals surface area contributed by atoms with Crippen molar-refractivity contribution < 1.29 is 28.0 Å². The van der Waals surface area contributed by atoms with Gasteiger partial charge in [0, 0.05) is 69.8 Å². The van der Waals surface area contributed by atoms with E-state index in [2.05, 4.69) is 14.5 Å². The summed E-state index contributed by atoms with van der Waals surface area (Å²) in [5.74, 6) is 0.380. The highest BCUT2D eigenvalue weighted by Crippen LogP contribution is 2.43. The molecule has 0 N–H and O–H groups in total. The Morgan fingerprint density at radius 3 is 2.24 bits per heavy atom. The molecule has 6 rings (SSSR count). The Kier molecular flexibility index (Phi) is 8.11. The van der Waals surface area contributed by atoms with Gasteiger partial charge in [-0.3, -0.25) is 9.48 Å². The summed E-state index contributed by atoms with van der Waals surface area (Å²) in [4.78, 5) is 33.1. The molecule has 2 aromatic rings. The van der Waals surface area contributed by atoms with Crippen LogP contribution in [0.25, 0.3) is 0 Å². The van der Waals surface area contributed by atoms with Crippen LogP contribution in [0.1, 0.15) is 85.5 Å². The summed E-state index contributed by atoms with van der Waals surface area (Å²) in [7, 11) is 1.19. The first-order valence-electron chi connectivity index (χ1n) is 16.5. The Balaban J connectivity index is 1.34. The summed E-state index contributed by atoms with van der Waals surface area (Å²) in [6.07, 6.45) is 1.88. The van der Waals surface area contributed by atoms with Gasteiger partial charge in [0.2, 0.25) is 5.91 Å². The zero-order valence-electron chi connectivity index (χ0n) is 28.8. The van der Waals surface area contributed by atoms with Gasteiger partial charge in [0.25, 0.3) is 0 Å². The predicted octanol–water partition coefficient (Wildman–Crippen LogP) is 4.39. The average Bonchev–Trinajstić information content (AvgIpc) is 3.44. The predicted molar refractivity (Wildman–Crippen MR) is 175 cm³/mol. The standard InChI is InChI=1S/C33H48BFN6O5/c1-21(42)39-15-12-26-23(20-39)29(36-41(26)22-10-13-38(14-11-22)30(43)44-31(2,3)4)40-17-16-37(9)27-18-24(25(35)19-28(27)40)34-45-32(5,6)33(7,8)46-34/h18-19,22H,10-17,20H2,1-9H3. The first kappa shape index (κ1) is 32.6. The van der Waals surface area contributed by atoms with Gasteiger partial charge >= 0.3 is 13.2 Å². The van der Waals surface area contributed by atoms with Crippen LogP contribution in [0.4, 0.5) is 26.4 Å². The van der Waals surface area contributed by atoms with Crippen LogP contribution in [0.15, 0.2) is 12.1 Å². The van der Waals surface area contributed by atoms with E-state index in [0.717, 1.165) is 41.3 Å². The smallest absolute Gasteiger partial charge is 0.444 e. The summed E-state index contributed by atoms with van der Waals surface area (Å²) in [6, 6.07) is 3.51. The lowest BCUT2D eigenvalue weighted by molar-refractivity contribution is -0.129. The van der Waals surface area contributed by atoms with Gasteiger partial charge in [-0.1, -0.05) is 0 Å². The number of ether oxygens (including phenoxy) is 1. The number of carbonyl (C=O) groups is 2. The second-order valence-electron chi connectivity index (χ2n) is 15.1. The second-order valence-corrected chi connectivity index (χ2v) is 15.1. The van der Waals surface area contributed by atoms with Gasteiger partial charge < -0.3 is 33.6 Å². The van der Waals surface area contributed by atoms with Crippen LogP contribution in [0.5, 0.6) is 0 Å². The van der Waals surface area contributed by atoms with Crippen molar-refractivity contribution in [3.8, 4) is 0 Å². The van der Waals surface area contributed by atoms with Crippen molar-refractivity contribution in [3.05, 3.63) is 29.2 Å². The Bertz CT molecular complexity index is 1510. The minimum atomic E-state index is -0.818. The second kappa shape index (κ2) is 11.4. The number of fused-ring (bicyclic) bond motifs is 2. The van der Waals surface area contributed by atoms with Crippen LogP contribution in [-0.4, -0.2) is 95.3 Å². The third-order valence-corrected chi connectivity index (χ3v) is 10.2. The van der Waals surface area contributed by atoms with Gasteiger partial charge in [0.05, 0.1) is 35.2 Å². The molecule has 0 spiro atoms. The molecule has 0 aliphatic carbocycles. The van der Waals surface area contributed by atoms with Crippen LogP contribution in [0.2, 0.25) is 0 Å². The quantitative estimate of drug-likeness (QED) is 0.458. The maximum atomic E-state index is 16.0. The average molecular weight is 639 g/mol. The van der Waals surface area contributed by atoms with Crippen molar-refractivity contribution in [2.75, 3.05) is 49.6 Å². The minimum Gasteiger partial charge on any atom is -0.444 e. The molecule has 13 heteroatoms. The molecule has 4 aliphatic rings. The van der Waals surface area contributed by atoms with Gasteiger partial charge in [0.1, 0.15) is 11.4 Å². The number of piperidine rings is 1. The summed E-state index contributed by atoms with van der Waals surface area (Å²) >= 11 is 0. The molecular formula is C33H48BFN6O5. The van der Waals surface area contributed by atoms with Crippen molar-refractivity contribution in [3.63, 3.8) is 0 Å². The van der Waals surface area contributed by atoms with E-state index >= 15 is 4.39 Å². The number of hydrogen-bond donors (Lipinski definition) is 0. The van der Waals surface area contributed by atoms with Gasteiger partial charge in [-0.15, -0.1) is 0 Å². The highest BCUT2D eigenvalue weighted by molar-refractivity contribution is 6.62. The molecule has 0 saturated carbocycles. The van der Waals surface area contributed by atoms with Crippen molar-refractivity contribution in [1.82, 2.24) is 19.6 Å². The van der Waals surface area contributed by atoms with Crippen molar-refractivity contribution >= 4 is 41.8 Å². The molecule has 2 fully saturated rings. The zero-order chi connectivity index (χ0) is 33.3. The van der Waals surface area contributed by atoms with E-state index in [9.17, 15) is 9.59 Å². The van der Waals surface area contributed by atoms with Crippen molar-refractivity contribution in [2.24, 2.45) is 0 Å². The summed E-state index contributed by atoms with van der Waals surface area (Å²) in [5.41, 5.74) is 2.35. The Labute approximate surface area is 272 Å². The van der Waals surface area contributed by atoms with E-state index in [4.69, 9.17) is 19.1 Å². The molecule has 46 heavy (non-hydrogen) atoms. The van der Waals surface area contributed by atoms with E-state index in [1.165, 1.54) is 0 Å². The van der Waals surface area contributed by atoms with Gasteiger partial charge in [0.15, 0.2) is 5.82 Å². The Morgan fingerprint density at radius 2 is 1.63 bits per heavy atom. The lowest BCUT2D eigenvalue weighted by atomic mass is 9.78. The normalized spacial score (nSPS) is 21.4. The molecule has 0 atom stereocenters. The van der Waals surface area contributed by atoms with E-state index in [-0.39, 0.29) is 18.0 Å². The third-order valence-electron chi connectivity index (χ3n) is 10.2. The fourth-order valence-corrected chi connectivity index (χ4v) is 6.79. The van der Waals surface area contributed by atoms with Crippen LogP contribution in [0.3, 0.4) is 0 Å². The molecule has 250 valence electrons. The molecule has 0 unspecified atom stereocenters. The Morgan fingerprint density at radius 1 is 0.978 bits per heavy atom. The lowest BCUT2D eigenvalue weighted by Gasteiger charge is -2.37. The van der Waals surface area contributed by atoms with Gasteiger partial charge in [-0.05, 0) is 73.4 Å². The number of aromatic nitrogens is 2. The monoisotopic (exact) mass is 638 g/mol. The van der Waals surface area contributed by atoms with Crippen LogP contribution in [0, 0.1) is 5.82 Å². The third kappa shape index (κ3) is 5.85. The van der Waals surface area contributed by atoms with E-state index in [1.54, 1.807) is 17.9 Å². The number of benzene rings is 1. The first-order valence-corrected chi connectivity index (χ1v) is 16.5. The molecule has 2 saturated heterocycles. The van der Waals surface area contributed by atoms with E-state index in [1.807, 2.05) is 66.5 Å². The molecule has 0 bridgehead atoms. The summed E-state index contributed by atoms with van der Waals surface area (Å²) < 4.78 is 36.2.